The molecule has 1 aliphatic carbocycles. The van der Waals surface area contributed by atoms with Crippen molar-refractivity contribution in [2.75, 3.05) is 4.90 Å². The van der Waals surface area contributed by atoms with Gasteiger partial charge in [-0.15, -0.1) is 0 Å². The molecule has 0 saturated heterocycles. The number of para-hydroxylation sites is 1. The Morgan fingerprint density at radius 2 is 1.59 bits per heavy atom. The van der Waals surface area contributed by atoms with E-state index in [1.54, 1.807) is 54.6 Å². The van der Waals surface area contributed by atoms with Gasteiger partial charge in [-0.05, 0) is 41.7 Å². The van der Waals surface area contributed by atoms with Crippen LogP contribution in [0.25, 0.3) is 5.76 Å². The van der Waals surface area contributed by atoms with E-state index in [0.717, 1.165) is 10.5 Å². The van der Waals surface area contributed by atoms with Crippen molar-refractivity contribution >= 4 is 39.0 Å². The van der Waals surface area contributed by atoms with E-state index in [1.807, 2.05) is 13.8 Å². The maximum atomic E-state index is 14.2. The molecule has 0 bridgehead atoms. The maximum absolute atomic E-state index is 14.2. The lowest BCUT2D eigenvalue weighted by molar-refractivity contribution is -0.137. The number of aliphatic hydroxyl groups is 1. The van der Waals surface area contributed by atoms with Crippen LogP contribution in [0.3, 0.4) is 0 Å². The van der Waals surface area contributed by atoms with Gasteiger partial charge < -0.3 is 5.11 Å². The number of anilines is 1. The zero-order valence-corrected chi connectivity index (χ0v) is 22.9. The molecule has 0 aromatic heterocycles. The van der Waals surface area contributed by atoms with Crippen LogP contribution in [0.1, 0.15) is 49.3 Å². The van der Waals surface area contributed by atoms with Gasteiger partial charge in [-0.2, -0.15) is 13.2 Å². The van der Waals surface area contributed by atoms with Crippen LogP contribution in [0, 0.1) is 10.8 Å². The van der Waals surface area contributed by atoms with Crippen molar-refractivity contribution in [2.24, 2.45) is 5.41 Å². The van der Waals surface area contributed by atoms with Crippen LogP contribution in [0.15, 0.2) is 100 Å². The molecule has 39 heavy (non-hydrogen) atoms. The Bertz CT molecular complexity index is 1520. The number of amidine groups is 1. The largest absolute Gasteiger partial charge is 0.507 e. The van der Waals surface area contributed by atoms with Gasteiger partial charge in [0.05, 0.1) is 11.3 Å². The number of hydrogen-bond donors (Lipinski definition) is 2. The predicted octanol–water partition coefficient (Wildman–Crippen LogP) is 8.66. The molecule has 1 unspecified atom stereocenters. The molecule has 0 saturated carbocycles. The Morgan fingerprint density at radius 3 is 2.23 bits per heavy atom. The number of carbonyl (C=O) groups is 1. The first-order chi connectivity index (χ1) is 18.4. The van der Waals surface area contributed by atoms with Gasteiger partial charge in [-0.3, -0.25) is 15.1 Å². The lowest BCUT2D eigenvalue weighted by Crippen LogP contribution is -2.45. The third-order valence-corrected chi connectivity index (χ3v) is 7.71. The number of benzene rings is 3. The molecule has 3 aromatic rings. The van der Waals surface area contributed by atoms with E-state index in [1.165, 1.54) is 23.1 Å². The van der Waals surface area contributed by atoms with E-state index in [-0.39, 0.29) is 41.5 Å². The van der Waals surface area contributed by atoms with Crippen molar-refractivity contribution < 1.29 is 23.1 Å². The summed E-state index contributed by atoms with van der Waals surface area (Å²) in [6.07, 6.45) is -4.21. The fourth-order valence-electron chi connectivity index (χ4n) is 5.53. The van der Waals surface area contributed by atoms with Gasteiger partial charge in [0, 0.05) is 39.2 Å². The summed E-state index contributed by atoms with van der Waals surface area (Å²) in [5.74, 6) is -1.61. The lowest BCUT2D eigenvalue weighted by Gasteiger charge is -2.45. The molecule has 1 atom stereocenters. The summed E-state index contributed by atoms with van der Waals surface area (Å²) in [7, 11) is 0. The molecule has 0 spiro atoms. The summed E-state index contributed by atoms with van der Waals surface area (Å²) in [5, 5.41) is 21.0. The van der Waals surface area contributed by atoms with E-state index in [9.17, 15) is 28.5 Å². The molecular weight excluding hydrogens is 569 g/mol. The highest BCUT2D eigenvalue weighted by atomic mass is 79.9. The third kappa shape index (κ3) is 4.93. The number of Topliss-reactive ketones (excluding diaryl/α,β-unsaturated/α-hetero) is 1. The Labute approximate surface area is 233 Å². The fourth-order valence-corrected chi connectivity index (χ4v) is 5.79. The number of rotatable bonds is 3. The Kier molecular flexibility index (Phi) is 6.79. The number of carbonyl (C=O) groups excluding carboxylic acids is 1. The Hall–Kier alpha value is -3.65. The maximum Gasteiger partial charge on any atom is 0.418 e. The predicted molar refractivity (Wildman–Crippen MR) is 150 cm³/mol. The molecule has 0 amide bonds. The number of alkyl halides is 3. The van der Waals surface area contributed by atoms with E-state index in [2.05, 4.69) is 15.9 Å². The second kappa shape index (κ2) is 9.83. The molecule has 1 heterocycles. The van der Waals surface area contributed by atoms with Gasteiger partial charge in [-0.1, -0.05) is 84.4 Å². The van der Waals surface area contributed by atoms with Crippen molar-refractivity contribution in [1.29, 1.82) is 5.41 Å². The first-order valence-corrected chi connectivity index (χ1v) is 13.2. The molecule has 5 rings (SSSR count). The monoisotopic (exact) mass is 594 g/mol. The molecule has 8 heteroatoms. The van der Waals surface area contributed by atoms with Crippen molar-refractivity contribution in [3.8, 4) is 0 Å². The number of ketones is 1. The number of nitrogens with zero attached hydrogens (tertiary/aromatic N) is 1. The minimum Gasteiger partial charge on any atom is -0.507 e. The van der Waals surface area contributed by atoms with Crippen LogP contribution in [-0.4, -0.2) is 16.7 Å². The molecule has 1 aliphatic heterocycles. The highest BCUT2D eigenvalue weighted by Crippen LogP contribution is 2.52. The molecule has 4 nitrogen and oxygen atoms in total. The standard InChI is InChI=1S/C31H26BrF3N2O2/c1-30(2)16-23-26(24(38)17-30)25(18-12-14-20(32)15-13-18)27(28(39)19-8-4-3-5-9-19)29(36)37(23)22-11-7-6-10-21(22)31(33,34)35/h3-15,25,36,39H,16-17H2,1-2H3/b28-27+,36-29?. The smallest absolute Gasteiger partial charge is 0.418 e. The van der Waals surface area contributed by atoms with Gasteiger partial charge in [0.25, 0.3) is 0 Å². The average molecular weight is 595 g/mol. The number of allylic oxidation sites excluding steroid dienone is 2. The minimum atomic E-state index is -4.69. The van der Waals surface area contributed by atoms with Crippen LogP contribution in [-0.2, 0) is 11.0 Å². The van der Waals surface area contributed by atoms with Crippen LogP contribution in [0.4, 0.5) is 18.9 Å². The first kappa shape index (κ1) is 26.9. The number of halogens is 4. The number of hydrogen-bond acceptors (Lipinski definition) is 3. The molecule has 2 N–H and O–H groups in total. The summed E-state index contributed by atoms with van der Waals surface area (Å²) in [4.78, 5) is 15.1. The molecular formula is C31H26BrF3N2O2. The van der Waals surface area contributed by atoms with Crippen LogP contribution in [0.2, 0.25) is 0 Å². The highest BCUT2D eigenvalue weighted by molar-refractivity contribution is 9.10. The van der Waals surface area contributed by atoms with Crippen molar-refractivity contribution in [3.63, 3.8) is 0 Å². The molecule has 0 fully saturated rings. The van der Waals surface area contributed by atoms with E-state index in [0.29, 0.717) is 22.4 Å². The highest BCUT2D eigenvalue weighted by Gasteiger charge is 2.48. The van der Waals surface area contributed by atoms with Gasteiger partial charge in [0.2, 0.25) is 0 Å². The summed E-state index contributed by atoms with van der Waals surface area (Å²) in [5.41, 5.74) is 0.0959. The number of nitrogens with one attached hydrogen (secondary N) is 1. The van der Waals surface area contributed by atoms with Crippen molar-refractivity contribution in [1.82, 2.24) is 0 Å². The third-order valence-electron chi connectivity index (χ3n) is 7.18. The first-order valence-electron chi connectivity index (χ1n) is 12.4. The summed E-state index contributed by atoms with van der Waals surface area (Å²) in [6, 6.07) is 20.8. The van der Waals surface area contributed by atoms with Gasteiger partial charge >= 0.3 is 6.18 Å². The second-order valence-electron chi connectivity index (χ2n) is 10.6. The van der Waals surface area contributed by atoms with E-state index < -0.39 is 23.1 Å². The van der Waals surface area contributed by atoms with Crippen molar-refractivity contribution in [2.45, 2.75) is 38.8 Å². The zero-order chi connectivity index (χ0) is 28.1. The van der Waals surface area contributed by atoms with Gasteiger partial charge in [-0.25, -0.2) is 0 Å². The molecule has 0 radical (unpaired) electrons. The summed E-state index contributed by atoms with van der Waals surface area (Å²) < 4.78 is 43.5. The van der Waals surface area contributed by atoms with Crippen LogP contribution < -0.4 is 4.90 Å². The van der Waals surface area contributed by atoms with Crippen molar-refractivity contribution in [3.05, 3.63) is 117 Å². The Balaban J connectivity index is 1.89. The molecule has 3 aromatic carbocycles. The Morgan fingerprint density at radius 1 is 0.974 bits per heavy atom. The SMILES string of the molecule is CC1(C)CC(=O)C2=C(C1)N(c1ccccc1C(F)(F)F)C(=N)/C(=C(/O)c1ccccc1)C2c1ccc(Br)cc1. The molecule has 2 aliphatic rings. The van der Waals surface area contributed by atoms with Gasteiger partial charge in [0.15, 0.2) is 5.78 Å². The summed E-state index contributed by atoms with van der Waals surface area (Å²) >= 11 is 3.43. The summed E-state index contributed by atoms with van der Waals surface area (Å²) in [6.45, 7) is 3.79. The van der Waals surface area contributed by atoms with Crippen LogP contribution in [0.5, 0.6) is 0 Å². The van der Waals surface area contributed by atoms with E-state index >= 15 is 0 Å². The topological polar surface area (TPSA) is 64.4 Å². The minimum absolute atomic E-state index is 0.0762. The quantitative estimate of drug-likeness (QED) is 0.298. The number of aliphatic hydroxyl groups excluding tert-OH is 1. The normalized spacial score (nSPS) is 20.7. The lowest BCUT2D eigenvalue weighted by atomic mass is 9.67. The average Bonchev–Trinajstić information content (AvgIpc) is 2.87. The molecule has 200 valence electrons. The zero-order valence-electron chi connectivity index (χ0n) is 21.3. The second-order valence-corrected chi connectivity index (χ2v) is 11.5. The fraction of sp³-hybridized carbons (Fsp3) is 0.226. The van der Waals surface area contributed by atoms with Crippen LogP contribution >= 0.6 is 15.9 Å². The van der Waals surface area contributed by atoms with Gasteiger partial charge in [0.1, 0.15) is 11.6 Å². The van der Waals surface area contributed by atoms with E-state index in [4.69, 9.17) is 0 Å².